The topological polar surface area (TPSA) is 183 Å². The molecule has 0 spiro atoms. The number of benzene rings is 3. The Labute approximate surface area is 331 Å². The number of carbonyl (C=O) groups is 7. The van der Waals surface area contributed by atoms with E-state index >= 15 is 0 Å². The van der Waals surface area contributed by atoms with Crippen LogP contribution in [0.3, 0.4) is 0 Å². The van der Waals surface area contributed by atoms with Crippen LogP contribution in [0.4, 0.5) is 11.4 Å². The third-order valence-electron chi connectivity index (χ3n) is 10.8. The van der Waals surface area contributed by atoms with E-state index in [1.807, 2.05) is 17.0 Å². The number of fused-ring (bicyclic) bond motifs is 2. The predicted molar refractivity (Wildman–Crippen MR) is 211 cm³/mol. The Kier molecular flexibility index (Phi) is 12.3. The molecule has 14 nitrogen and oxygen atoms in total. The molecule has 7 rings (SSSR count). The molecule has 1 aliphatic carbocycles. The molecule has 1 atom stereocenters. The molecule has 14 heteroatoms. The number of rotatable bonds is 18. The Bertz CT molecular complexity index is 2060. The van der Waals surface area contributed by atoms with Gasteiger partial charge >= 0.3 is 0 Å². The first-order valence-electron chi connectivity index (χ1n) is 20.0. The van der Waals surface area contributed by atoms with Crippen LogP contribution >= 0.6 is 0 Å². The predicted octanol–water partition coefficient (Wildman–Crippen LogP) is 5.19. The van der Waals surface area contributed by atoms with Crippen LogP contribution in [0, 0.1) is 0 Å². The minimum absolute atomic E-state index is 0.0724. The van der Waals surface area contributed by atoms with E-state index in [1.165, 1.54) is 0 Å². The van der Waals surface area contributed by atoms with Crippen molar-refractivity contribution in [1.82, 2.24) is 20.4 Å². The number of carbonyl (C=O) groups excluding carboxylic acids is 7. The Hall–Kier alpha value is -6.05. The monoisotopic (exact) mass is 776 g/mol. The van der Waals surface area contributed by atoms with Crippen molar-refractivity contribution in [3.05, 3.63) is 88.5 Å². The molecule has 0 bridgehead atoms. The van der Waals surface area contributed by atoms with Gasteiger partial charge in [-0.05, 0) is 86.2 Å². The second-order valence-electron chi connectivity index (χ2n) is 15.1. The summed E-state index contributed by atoms with van der Waals surface area (Å²) in [6.07, 6.45) is 10.6. The lowest BCUT2D eigenvalue weighted by atomic mass is 10.0. The lowest BCUT2D eigenvalue weighted by Gasteiger charge is -2.27. The average Bonchev–Trinajstić information content (AvgIpc) is 4.03. The van der Waals surface area contributed by atoms with Crippen molar-refractivity contribution in [2.24, 2.45) is 0 Å². The molecule has 1 saturated carbocycles. The Balaban J connectivity index is 0.738. The molecule has 3 heterocycles. The van der Waals surface area contributed by atoms with Crippen molar-refractivity contribution in [1.29, 1.82) is 0 Å². The molecular weight excluding hydrogens is 729 g/mol. The van der Waals surface area contributed by atoms with Crippen LogP contribution in [-0.2, 0) is 20.9 Å². The third kappa shape index (κ3) is 9.50. The van der Waals surface area contributed by atoms with Gasteiger partial charge < -0.3 is 25.6 Å². The van der Waals surface area contributed by atoms with Gasteiger partial charge in [-0.25, -0.2) is 0 Å². The van der Waals surface area contributed by atoms with Crippen molar-refractivity contribution in [2.45, 2.75) is 95.7 Å². The van der Waals surface area contributed by atoms with Crippen molar-refractivity contribution in [3.8, 4) is 5.75 Å². The summed E-state index contributed by atoms with van der Waals surface area (Å²) in [5, 5.41) is 11.3. The largest absolute Gasteiger partial charge is 0.482 e. The zero-order valence-corrected chi connectivity index (χ0v) is 31.9. The highest BCUT2D eigenvalue weighted by Crippen LogP contribution is 2.34. The summed E-state index contributed by atoms with van der Waals surface area (Å²) >= 11 is 0. The summed E-state index contributed by atoms with van der Waals surface area (Å²) in [5.74, 6) is -1.97. The molecule has 2 fully saturated rings. The van der Waals surface area contributed by atoms with Crippen LogP contribution in [0.25, 0.3) is 0 Å². The molecule has 3 aromatic rings. The first-order valence-corrected chi connectivity index (χ1v) is 20.0. The van der Waals surface area contributed by atoms with Gasteiger partial charge in [-0.3, -0.25) is 43.8 Å². The van der Waals surface area contributed by atoms with E-state index in [2.05, 4.69) is 21.3 Å². The van der Waals surface area contributed by atoms with Gasteiger partial charge in [0.1, 0.15) is 11.8 Å². The fourth-order valence-corrected chi connectivity index (χ4v) is 7.51. The van der Waals surface area contributed by atoms with E-state index < -0.39 is 29.7 Å². The maximum absolute atomic E-state index is 13.5. The van der Waals surface area contributed by atoms with Gasteiger partial charge in [-0.15, -0.1) is 0 Å². The summed E-state index contributed by atoms with van der Waals surface area (Å²) in [5.41, 5.74) is 3.88. The number of nitrogens with one attached hydrogen (secondary N) is 4. The second-order valence-corrected chi connectivity index (χ2v) is 15.1. The van der Waals surface area contributed by atoms with Crippen LogP contribution in [0.15, 0.2) is 60.7 Å². The van der Waals surface area contributed by atoms with Gasteiger partial charge in [0.15, 0.2) is 6.61 Å². The maximum atomic E-state index is 13.5. The molecule has 3 aromatic carbocycles. The number of imide groups is 2. The van der Waals surface area contributed by atoms with Crippen molar-refractivity contribution in [3.63, 3.8) is 0 Å². The van der Waals surface area contributed by atoms with Gasteiger partial charge in [0.05, 0.1) is 16.8 Å². The molecule has 7 amide bonds. The SMILES string of the molecule is O=C1CCC(N2C(=O)c3ccc(NCCCCCCCCCCNC(=O)c4ccc(CN(C(=O)c5ccc6c(c5)OCC(=O)N6)C5CC5)cc4)cc3C2=O)C(=O)N1. The summed E-state index contributed by atoms with van der Waals surface area (Å²) in [4.78, 5) is 90.4. The highest BCUT2D eigenvalue weighted by molar-refractivity contribution is 6.23. The molecular formula is C43H48N6O8. The summed E-state index contributed by atoms with van der Waals surface area (Å²) in [7, 11) is 0. The zero-order chi connectivity index (χ0) is 39.9. The lowest BCUT2D eigenvalue weighted by molar-refractivity contribution is -0.136. The fourth-order valence-electron chi connectivity index (χ4n) is 7.51. The number of ether oxygens (including phenoxy) is 1. The fraction of sp³-hybridized carbons (Fsp3) is 0.419. The van der Waals surface area contributed by atoms with E-state index in [-0.39, 0.29) is 54.3 Å². The number of hydrogen-bond acceptors (Lipinski definition) is 9. The van der Waals surface area contributed by atoms with Gasteiger partial charge in [0.2, 0.25) is 11.8 Å². The number of piperidine rings is 1. The molecule has 0 radical (unpaired) electrons. The van der Waals surface area contributed by atoms with Gasteiger partial charge in [0.25, 0.3) is 29.5 Å². The van der Waals surface area contributed by atoms with Crippen LogP contribution < -0.4 is 26.0 Å². The van der Waals surface area contributed by atoms with E-state index in [0.717, 1.165) is 86.9 Å². The van der Waals surface area contributed by atoms with E-state index in [9.17, 15) is 33.6 Å². The number of anilines is 2. The van der Waals surface area contributed by atoms with Crippen molar-refractivity contribution < 1.29 is 38.3 Å². The van der Waals surface area contributed by atoms with E-state index in [4.69, 9.17) is 4.74 Å². The average molecular weight is 777 g/mol. The number of unbranched alkanes of at least 4 members (excludes halogenated alkanes) is 7. The van der Waals surface area contributed by atoms with Crippen molar-refractivity contribution >= 4 is 52.7 Å². The number of nitrogens with zero attached hydrogens (tertiary/aromatic N) is 2. The molecule has 0 aromatic heterocycles. The van der Waals surface area contributed by atoms with E-state index in [1.54, 1.807) is 48.5 Å². The standard InChI is InChI=1S/C43H48N6O8/c50-37-20-19-35(40(53)47-37)49-42(55)32-17-14-30(24-33(32)43(49)56)44-21-7-5-3-1-2-4-6-8-22-45-39(52)28-11-9-27(10-12-28)25-48(31-15-16-31)41(54)29-13-18-34-36(23-29)57-26-38(51)46-34/h9-14,17-18,23-24,31,35,44H,1-8,15-16,19-22,25-26H2,(H,45,52)(H,46,51)(H,47,50,53). The normalized spacial score (nSPS) is 17.3. The Morgan fingerprint density at radius 2 is 1.40 bits per heavy atom. The smallest absolute Gasteiger partial charge is 0.262 e. The lowest BCUT2D eigenvalue weighted by Crippen LogP contribution is -2.54. The molecule has 57 heavy (non-hydrogen) atoms. The molecule has 3 aliphatic heterocycles. The highest BCUT2D eigenvalue weighted by Gasteiger charge is 2.44. The van der Waals surface area contributed by atoms with Crippen LogP contribution in [0.5, 0.6) is 5.75 Å². The van der Waals surface area contributed by atoms with Gasteiger partial charge in [-0.2, -0.15) is 0 Å². The van der Waals surface area contributed by atoms with Crippen LogP contribution in [0.2, 0.25) is 0 Å². The minimum atomic E-state index is -0.974. The van der Waals surface area contributed by atoms with Crippen molar-refractivity contribution in [2.75, 3.05) is 30.3 Å². The third-order valence-corrected chi connectivity index (χ3v) is 10.8. The molecule has 4 N–H and O–H groups in total. The summed E-state index contributed by atoms with van der Waals surface area (Å²) in [6, 6.07) is 16.7. The molecule has 1 saturated heterocycles. The highest BCUT2D eigenvalue weighted by atomic mass is 16.5. The zero-order valence-electron chi connectivity index (χ0n) is 31.9. The van der Waals surface area contributed by atoms with Gasteiger partial charge in [0, 0.05) is 48.9 Å². The summed E-state index contributed by atoms with van der Waals surface area (Å²) in [6.45, 7) is 1.71. The molecule has 1 unspecified atom stereocenters. The van der Waals surface area contributed by atoms with Crippen LogP contribution in [0.1, 0.15) is 124 Å². The van der Waals surface area contributed by atoms with Crippen LogP contribution in [-0.4, -0.2) is 82.9 Å². The number of hydrogen-bond donors (Lipinski definition) is 4. The van der Waals surface area contributed by atoms with Gasteiger partial charge in [-0.1, -0.05) is 50.7 Å². The Morgan fingerprint density at radius 1 is 0.719 bits per heavy atom. The number of amides is 7. The maximum Gasteiger partial charge on any atom is 0.262 e. The first-order chi connectivity index (χ1) is 27.7. The second kappa shape index (κ2) is 17.8. The van der Waals surface area contributed by atoms with E-state index in [0.29, 0.717) is 35.7 Å². The first kappa shape index (κ1) is 39.2. The molecule has 298 valence electrons. The minimum Gasteiger partial charge on any atom is -0.482 e. The quantitative estimate of drug-likeness (QED) is 0.0999. The summed E-state index contributed by atoms with van der Waals surface area (Å²) < 4.78 is 5.50. The molecule has 4 aliphatic rings. The Morgan fingerprint density at radius 3 is 2.12 bits per heavy atom.